The minimum Gasteiger partial charge on any atom is -0.0848 e. The minimum absolute atomic E-state index is 0.815. The molecule has 0 saturated heterocycles. The molecule has 0 amide bonds. The third-order valence-corrected chi connectivity index (χ3v) is 6.15. The molecular weight excluding hydrogens is 216 g/mol. The fourth-order valence-electron chi connectivity index (χ4n) is 4.24. The van der Waals surface area contributed by atoms with Crippen molar-refractivity contribution in [2.24, 2.45) is 35.5 Å². The van der Waals surface area contributed by atoms with Gasteiger partial charge in [-0.15, -0.1) is 0 Å². The summed E-state index contributed by atoms with van der Waals surface area (Å²) in [4.78, 5) is 0. The number of rotatable bonds is 0. The van der Waals surface area contributed by atoms with E-state index in [9.17, 15) is 0 Å². The Bertz CT molecular complexity index is 385. The van der Waals surface area contributed by atoms with Crippen molar-refractivity contribution in [2.45, 2.75) is 40.5 Å². The third kappa shape index (κ3) is 1.81. The van der Waals surface area contributed by atoms with E-state index in [1.54, 1.807) is 11.1 Å². The second-order valence-corrected chi connectivity index (χ2v) is 6.87. The van der Waals surface area contributed by atoms with Gasteiger partial charge in [0.15, 0.2) is 0 Å². The average molecular weight is 242 g/mol. The Morgan fingerprint density at radius 2 is 1.17 bits per heavy atom. The maximum atomic E-state index is 2.41. The second-order valence-electron chi connectivity index (χ2n) is 6.87. The van der Waals surface area contributed by atoms with E-state index in [1.807, 2.05) is 0 Å². The fourth-order valence-corrected chi connectivity index (χ4v) is 4.24. The van der Waals surface area contributed by atoms with Crippen LogP contribution >= 0.6 is 0 Å². The van der Waals surface area contributed by atoms with E-state index in [4.69, 9.17) is 0 Å². The van der Waals surface area contributed by atoms with Crippen LogP contribution in [0, 0.1) is 35.5 Å². The summed E-state index contributed by atoms with van der Waals surface area (Å²) in [5.74, 6) is 5.42. The summed E-state index contributed by atoms with van der Waals surface area (Å²) in [5.41, 5.74) is 3.25. The fraction of sp³-hybridized carbons (Fsp3) is 0.667. The Morgan fingerprint density at radius 1 is 0.722 bits per heavy atom. The van der Waals surface area contributed by atoms with Crippen molar-refractivity contribution in [3.63, 3.8) is 0 Å². The summed E-state index contributed by atoms with van der Waals surface area (Å²) in [6, 6.07) is 0. The van der Waals surface area contributed by atoms with E-state index in [0.717, 1.165) is 35.5 Å². The SMILES string of the molecule is CC1=C(C)C2C=CC1C2.CC1C2C=CC(C2)C1C. The molecule has 1 saturated carbocycles. The maximum Gasteiger partial charge on any atom is -0.00144 e. The molecule has 98 valence electrons. The molecule has 0 spiro atoms. The van der Waals surface area contributed by atoms with Crippen LogP contribution in [0.15, 0.2) is 35.5 Å². The van der Waals surface area contributed by atoms with E-state index in [2.05, 4.69) is 52.0 Å². The normalized spacial score (nSPS) is 46.9. The molecule has 6 atom stereocenters. The highest BCUT2D eigenvalue weighted by Crippen LogP contribution is 2.47. The van der Waals surface area contributed by atoms with Crippen LogP contribution in [0.3, 0.4) is 0 Å². The van der Waals surface area contributed by atoms with Gasteiger partial charge in [0.2, 0.25) is 0 Å². The van der Waals surface area contributed by atoms with Crippen molar-refractivity contribution in [1.82, 2.24) is 0 Å². The Morgan fingerprint density at radius 3 is 1.39 bits per heavy atom. The van der Waals surface area contributed by atoms with Crippen LogP contribution in [0.5, 0.6) is 0 Å². The molecular formula is C18H26. The number of fused-ring (bicyclic) bond motifs is 4. The van der Waals surface area contributed by atoms with E-state index in [1.165, 1.54) is 12.8 Å². The standard InChI is InChI=1S/C9H14.C9H12/c2*1-6-7(2)9-4-3-8(6)5-9/h3-4,6-9H,5H2,1-2H3;3-4,8-9H,5H2,1-2H3. The monoisotopic (exact) mass is 242 g/mol. The van der Waals surface area contributed by atoms with Crippen LogP contribution in [0.2, 0.25) is 0 Å². The zero-order chi connectivity index (χ0) is 12.9. The summed E-state index contributed by atoms with van der Waals surface area (Å²) in [7, 11) is 0. The van der Waals surface area contributed by atoms with Gasteiger partial charge in [-0.2, -0.15) is 0 Å². The van der Waals surface area contributed by atoms with Gasteiger partial charge >= 0.3 is 0 Å². The number of hydrogen-bond acceptors (Lipinski definition) is 0. The van der Waals surface area contributed by atoms with Gasteiger partial charge in [-0.3, -0.25) is 0 Å². The van der Waals surface area contributed by atoms with E-state index in [-0.39, 0.29) is 0 Å². The van der Waals surface area contributed by atoms with Crippen molar-refractivity contribution in [3.05, 3.63) is 35.5 Å². The van der Waals surface area contributed by atoms with Gasteiger partial charge < -0.3 is 0 Å². The summed E-state index contributed by atoms with van der Waals surface area (Å²) in [6.07, 6.45) is 12.4. The molecule has 0 heteroatoms. The predicted octanol–water partition coefficient (Wildman–Crippen LogP) is 4.99. The van der Waals surface area contributed by atoms with Gasteiger partial charge in [0.25, 0.3) is 0 Å². The molecule has 18 heavy (non-hydrogen) atoms. The Balaban J connectivity index is 0.000000111. The molecule has 0 heterocycles. The molecule has 4 aliphatic rings. The first-order valence-corrected chi connectivity index (χ1v) is 7.62. The van der Waals surface area contributed by atoms with Crippen molar-refractivity contribution in [3.8, 4) is 0 Å². The summed E-state index contributed by atoms with van der Waals surface area (Å²) < 4.78 is 0. The van der Waals surface area contributed by atoms with E-state index >= 15 is 0 Å². The largest absolute Gasteiger partial charge is 0.0848 e. The molecule has 4 bridgehead atoms. The molecule has 1 fully saturated rings. The van der Waals surface area contributed by atoms with Gasteiger partial charge in [-0.1, -0.05) is 49.3 Å². The third-order valence-electron chi connectivity index (χ3n) is 6.15. The van der Waals surface area contributed by atoms with Gasteiger partial charge in [0, 0.05) is 0 Å². The summed E-state index contributed by atoms with van der Waals surface area (Å²) >= 11 is 0. The first-order valence-electron chi connectivity index (χ1n) is 7.62. The predicted molar refractivity (Wildman–Crippen MR) is 78.2 cm³/mol. The average Bonchev–Trinajstić information content (AvgIpc) is 3.09. The van der Waals surface area contributed by atoms with Gasteiger partial charge in [-0.25, -0.2) is 0 Å². The first-order chi connectivity index (χ1) is 8.58. The molecule has 0 nitrogen and oxygen atoms in total. The summed E-state index contributed by atoms with van der Waals surface area (Å²) in [6.45, 7) is 9.31. The van der Waals surface area contributed by atoms with Crippen LogP contribution in [0.25, 0.3) is 0 Å². The lowest BCUT2D eigenvalue weighted by Crippen LogP contribution is -2.12. The van der Waals surface area contributed by atoms with Gasteiger partial charge in [0.05, 0.1) is 0 Å². The topological polar surface area (TPSA) is 0 Å². The van der Waals surface area contributed by atoms with Crippen molar-refractivity contribution >= 4 is 0 Å². The van der Waals surface area contributed by atoms with Crippen molar-refractivity contribution < 1.29 is 0 Å². The Hall–Kier alpha value is -0.780. The number of hydrogen-bond donors (Lipinski definition) is 0. The quantitative estimate of drug-likeness (QED) is 0.525. The molecule has 0 aromatic heterocycles. The molecule has 0 radical (unpaired) electrons. The molecule has 4 aliphatic carbocycles. The lowest BCUT2D eigenvalue weighted by atomic mass is 9.86. The smallest absolute Gasteiger partial charge is 0.00144 e. The molecule has 6 unspecified atom stereocenters. The molecule has 0 N–H and O–H groups in total. The summed E-state index contributed by atoms with van der Waals surface area (Å²) in [5, 5.41) is 0. The van der Waals surface area contributed by atoms with Crippen LogP contribution in [-0.4, -0.2) is 0 Å². The zero-order valence-electron chi connectivity index (χ0n) is 12.2. The van der Waals surface area contributed by atoms with Crippen LogP contribution < -0.4 is 0 Å². The molecule has 0 aliphatic heterocycles. The van der Waals surface area contributed by atoms with E-state index < -0.39 is 0 Å². The molecule has 0 aromatic rings. The van der Waals surface area contributed by atoms with E-state index in [0.29, 0.717) is 0 Å². The van der Waals surface area contributed by atoms with Crippen LogP contribution in [0.4, 0.5) is 0 Å². The lowest BCUT2D eigenvalue weighted by Gasteiger charge is -2.19. The highest BCUT2D eigenvalue weighted by Gasteiger charge is 2.38. The first kappa shape index (κ1) is 12.3. The minimum atomic E-state index is 0.815. The molecule has 0 aromatic carbocycles. The van der Waals surface area contributed by atoms with Gasteiger partial charge in [0.1, 0.15) is 0 Å². The van der Waals surface area contributed by atoms with Crippen LogP contribution in [-0.2, 0) is 0 Å². The Labute approximate surface area is 112 Å². The number of allylic oxidation sites excluding steroid dienone is 6. The Kier molecular flexibility index (Phi) is 3.00. The zero-order valence-corrected chi connectivity index (χ0v) is 12.2. The maximum absolute atomic E-state index is 2.41. The molecule has 4 rings (SSSR count). The van der Waals surface area contributed by atoms with Crippen molar-refractivity contribution in [1.29, 1.82) is 0 Å². The second kappa shape index (κ2) is 4.40. The van der Waals surface area contributed by atoms with Gasteiger partial charge in [-0.05, 0) is 62.2 Å². The highest BCUT2D eigenvalue weighted by atomic mass is 14.4. The van der Waals surface area contributed by atoms with Crippen LogP contribution in [0.1, 0.15) is 40.5 Å². The highest BCUT2D eigenvalue weighted by molar-refractivity contribution is 5.34. The van der Waals surface area contributed by atoms with Crippen molar-refractivity contribution in [2.75, 3.05) is 0 Å². The lowest BCUT2D eigenvalue weighted by molar-refractivity contribution is 0.364.